The van der Waals surface area contributed by atoms with E-state index in [0.29, 0.717) is 17.5 Å². The molecule has 0 atom stereocenters. The van der Waals surface area contributed by atoms with Crippen LogP contribution in [-0.2, 0) is 6.42 Å². The second-order valence-electron chi connectivity index (χ2n) is 5.67. The Hall–Kier alpha value is -2.88. The maximum Gasteiger partial charge on any atom is 0.287 e. The van der Waals surface area contributed by atoms with Crippen molar-refractivity contribution in [2.24, 2.45) is 0 Å². The zero-order chi connectivity index (χ0) is 16.8. The molecule has 1 aromatic heterocycles. The van der Waals surface area contributed by atoms with E-state index < -0.39 is 0 Å². The molecule has 2 aromatic carbocycles. The maximum absolute atomic E-state index is 12.1. The van der Waals surface area contributed by atoms with E-state index >= 15 is 0 Å². The third-order valence-corrected chi connectivity index (χ3v) is 3.88. The zero-order valence-electron chi connectivity index (χ0n) is 13.3. The van der Waals surface area contributed by atoms with Gasteiger partial charge in [-0.2, -0.15) is 0 Å². The van der Waals surface area contributed by atoms with Crippen molar-refractivity contribution in [3.05, 3.63) is 82.2 Å². The van der Waals surface area contributed by atoms with Crippen LogP contribution in [0.2, 0.25) is 0 Å². The normalized spacial score (nSPS) is 10.7. The number of unbranched alkanes of at least 4 members (excludes halogenated alkanes) is 1. The second-order valence-corrected chi connectivity index (χ2v) is 5.67. The van der Waals surface area contributed by atoms with E-state index in [2.05, 4.69) is 17.4 Å². The first-order valence-corrected chi connectivity index (χ1v) is 8.09. The van der Waals surface area contributed by atoms with E-state index in [-0.39, 0.29) is 17.1 Å². The van der Waals surface area contributed by atoms with Crippen molar-refractivity contribution in [2.75, 3.05) is 6.54 Å². The molecular formula is C20H19NO3. The third-order valence-electron chi connectivity index (χ3n) is 3.88. The van der Waals surface area contributed by atoms with Crippen molar-refractivity contribution in [1.82, 2.24) is 5.32 Å². The van der Waals surface area contributed by atoms with Crippen LogP contribution in [0.25, 0.3) is 11.0 Å². The predicted molar refractivity (Wildman–Crippen MR) is 94.2 cm³/mol. The Morgan fingerprint density at radius 1 is 0.958 bits per heavy atom. The standard InChI is InChI=1S/C20H19NO3/c22-17-14-19(24-18-12-5-4-11-16(17)18)20(23)21-13-7-6-10-15-8-2-1-3-9-15/h1-5,8-9,11-12,14H,6-7,10,13H2,(H,21,23). The smallest absolute Gasteiger partial charge is 0.287 e. The van der Waals surface area contributed by atoms with Gasteiger partial charge in [-0.15, -0.1) is 0 Å². The quantitative estimate of drug-likeness (QED) is 0.706. The molecule has 0 spiro atoms. The molecule has 0 bridgehead atoms. The van der Waals surface area contributed by atoms with E-state index in [4.69, 9.17) is 4.42 Å². The first kappa shape index (κ1) is 16.0. The van der Waals surface area contributed by atoms with Gasteiger partial charge in [0, 0.05) is 12.6 Å². The van der Waals surface area contributed by atoms with Crippen LogP contribution in [0.4, 0.5) is 0 Å². The number of nitrogens with one attached hydrogen (secondary N) is 1. The molecule has 0 unspecified atom stereocenters. The summed E-state index contributed by atoms with van der Waals surface area (Å²) in [6, 6.07) is 18.4. The van der Waals surface area contributed by atoms with Crippen molar-refractivity contribution in [1.29, 1.82) is 0 Å². The van der Waals surface area contributed by atoms with Crippen LogP contribution >= 0.6 is 0 Å². The molecule has 1 N–H and O–H groups in total. The molecule has 24 heavy (non-hydrogen) atoms. The van der Waals surface area contributed by atoms with Crippen LogP contribution in [0.3, 0.4) is 0 Å². The van der Waals surface area contributed by atoms with E-state index in [9.17, 15) is 9.59 Å². The number of amides is 1. The molecule has 0 saturated carbocycles. The number of hydrogen-bond acceptors (Lipinski definition) is 3. The van der Waals surface area contributed by atoms with Crippen LogP contribution in [0.5, 0.6) is 0 Å². The van der Waals surface area contributed by atoms with Gasteiger partial charge >= 0.3 is 0 Å². The summed E-state index contributed by atoms with van der Waals surface area (Å²) in [5.74, 6) is -0.292. The van der Waals surface area contributed by atoms with Crippen molar-refractivity contribution in [3.63, 3.8) is 0 Å². The summed E-state index contributed by atoms with van der Waals surface area (Å²) in [7, 11) is 0. The molecule has 1 amide bonds. The molecule has 4 nitrogen and oxygen atoms in total. The van der Waals surface area contributed by atoms with Crippen LogP contribution < -0.4 is 10.7 Å². The summed E-state index contributed by atoms with van der Waals surface area (Å²) in [6.07, 6.45) is 2.85. The lowest BCUT2D eigenvalue weighted by Gasteiger charge is -2.05. The molecule has 122 valence electrons. The van der Waals surface area contributed by atoms with Crippen molar-refractivity contribution in [2.45, 2.75) is 19.3 Å². The molecule has 0 aliphatic heterocycles. The Morgan fingerprint density at radius 2 is 1.71 bits per heavy atom. The van der Waals surface area contributed by atoms with Gasteiger partial charge in [0.1, 0.15) is 5.58 Å². The van der Waals surface area contributed by atoms with Crippen molar-refractivity contribution in [3.8, 4) is 0 Å². The molecule has 0 saturated heterocycles. The monoisotopic (exact) mass is 321 g/mol. The maximum atomic E-state index is 12.1. The fourth-order valence-corrected chi connectivity index (χ4v) is 2.60. The molecule has 4 heteroatoms. The van der Waals surface area contributed by atoms with Gasteiger partial charge in [-0.3, -0.25) is 9.59 Å². The Labute approximate surface area is 140 Å². The second kappa shape index (κ2) is 7.59. The average Bonchev–Trinajstić information content (AvgIpc) is 2.62. The molecule has 0 aliphatic rings. The highest BCUT2D eigenvalue weighted by atomic mass is 16.3. The Kier molecular flexibility index (Phi) is 5.06. The van der Waals surface area contributed by atoms with Gasteiger partial charge in [-0.1, -0.05) is 42.5 Å². The number of hydrogen-bond donors (Lipinski definition) is 1. The van der Waals surface area contributed by atoms with E-state index in [0.717, 1.165) is 19.3 Å². The summed E-state index contributed by atoms with van der Waals surface area (Å²) in [5, 5.41) is 3.29. The number of fused-ring (bicyclic) bond motifs is 1. The number of carbonyl (C=O) groups excluding carboxylic acids is 1. The van der Waals surface area contributed by atoms with Crippen LogP contribution in [-0.4, -0.2) is 12.5 Å². The lowest BCUT2D eigenvalue weighted by Crippen LogP contribution is -2.25. The van der Waals surface area contributed by atoms with Crippen molar-refractivity contribution >= 4 is 16.9 Å². The van der Waals surface area contributed by atoms with E-state index in [1.807, 2.05) is 18.2 Å². The van der Waals surface area contributed by atoms with E-state index in [1.54, 1.807) is 24.3 Å². The fourth-order valence-electron chi connectivity index (χ4n) is 2.60. The fraction of sp³-hybridized carbons (Fsp3) is 0.200. The first-order chi connectivity index (χ1) is 11.7. The minimum absolute atomic E-state index is 0.0572. The predicted octanol–water partition coefficient (Wildman–Crippen LogP) is 3.55. The summed E-state index contributed by atoms with van der Waals surface area (Å²) in [6.45, 7) is 0.558. The number of aryl methyl sites for hydroxylation is 1. The number of para-hydroxylation sites is 1. The molecular weight excluding hydrogens is 302 g/mol. The van der Waals surface area contributed by atoms with Crippen molar-refractivity contribution < 1.29 is 9.21 Å². The third kappa shape index (κ3) is 3.90. The van der Waals surface area contributed by atoms with Gasteiger partial charge in [-0.05, 0) is 37.0 Å². The SMILES string of the molecule is O=C(NCCCCc1ccccc1)c1cc(=O)c2ccccc2o1. The Balaban J connectivity index is 1.53. The summed E-state index contributed by atoms with van der Waals surface area (Å²) in [4.78, 5) is 24.1. The number of carbonyl (C=O) groups is 1. The van der Waals surface area contributed by atoms with Gasteiger partial charge in [-0.25, -0.2) is 0 Å². The number of rotatable bonds is 6. The minimum Gasteiger partial charge on any atom is -0.451 e. The Bertz CT molecular complexity index is 884. The minimum atomic E-state index is -0.349. The van der Waals surface area contributed by atoms with Crippen LogP contribution in [0.1, 0.15) is 29.0 Å². The van der Waals surface area contributed by atoms with Crippen LogP contribution in [0, 0.1) is 0 Å². The summed E-state index contributed by atoms with van der Waals surface area (Å²) >= 11 is 0. The van der Waals surface area contributed by atoms with E-state index in [1.165, 1.54) is 11.6 Å². The van der Waals surface area contributed by atoms with Gasteiger partial charge in [0.2, 0.25) is 0 Å². The van der Waals surface area contributed by atoms with Gasteiger partial charge in [0.25, 0.3) is 5.91 Å². The van der Waals surface area contributed by atoms with Crippen LogP contribution in [0.15, 0.2) is 69.9 Å². The Morgan fingerprint density at radius 3 is 2.54 bits per heavy atom. The molecule has 3 rings (SSSR count). The molecule has 0 radical (unpaired) electrons. The highest BCUT2D eigenvalue weighted by Crippen LogP contribution is 2.11. The summed E-state index contributed by atoms with van der Waals surface area (Å²) in [5.41, 5.74) is 1.52. The first-order valence-electron chi connectivity index (χ1n) is 8.09. The van der Waals surface area contributed by atoms with Gasteiger partial charge < -0.3 is 9.73 Å². The van der Waals surface area contributed by atoms with Gasteiger partial charge in [0.05, 0.1) is 5.39 Å². The average molecular weight is 321 g/mol. The molecule has 3 aromatic rings. The topological polar surface area (TPSA) is 59.3 Å². The highest BCUT2D eigenvalue weighted by molar-refractivity contribution is 5.93. The number of benzene rings is 2. The lowest BCUT2D eigenvalue weighted by molar-refractivity contribution is 0.0926. The van der Waals surface area contributed by atoms with Gasteiger partial charge in [0.15, 0.2) is 11.2 Å². The molecule has 0 fully saturated rings. The summed E-state index contributed by atoms with van der Waals surface area (Å²) < 4.78 is 5.52. The molecule has 0 aliphatic carbocycles. The molecule has 1 heterocycles. The highest BCUT2D eigenvalue weighted by Gasteiger charge is 2.11. The zero-order valence-corrected chi connectivity index (χ0v) is 13.3. The largest absolute Gasteiger partial charge is 0.451 e. The lowest BCUT2D eigenvalue weighted by atomic mass is 10.1.